The molecule has 0 saturated carbocycles. The number of hydrogen-bond donors (Lipinski definition) is 1. The van der Waals surface area contributed by atoms with Gasteiger partial charge in [-0.15, -0.1) is 0 Å². The third-order valence-electron chi connectivity index (χ3n) is 3.93. The second-order valence-electron chi connectivity index (χ2n) is 5.65. The summed E-state index contributed by atoms with van der Waals surface area (Å²) in [7, 11) is 0. The van der Waals surface area contributed by atoms with E-state index in [1.807, 2.05) is 6.07 Å². The Morgan fingerprint density at radius 2 is 1.95 bits per heavy atom. The van der Waals surface area contributed by atoms with Gasteiger partial charge in [0.1, 0.15) is 0 Å². The van der Waals surface area contributed by atoms with Crippen LogP contribution in [-0.4, -0.2) is 18.7 Å². The fourth-order valence-corrected chi connectivity index (χ4v) is 3.37. The molecule has 3 rings (SSSR count). The van der Waals surface area contributed by atoms with Crippen molar-refractivity contribution < 1.29 is 4.74 Å². The number of benzene rings is 2. The number of ether oxygens (including phenoxy) is 1. The molecule has 21 heavy (non-hydrogen) atoms. The second-order valence-corrected chi connectivity index (χ2v) is 6.57. The van der Waals surface area contributed by atoms with Crippen LogP contribution in [0.3, 0.4) is 0 Å². The Hall–Kier alpha value is -1.16. The molecule has 0 amide bonds. The van der Waals surface area contributed by atoms with Crippen LogP contribution in [0.2, 0.25) is 0 Å². The maximum atomic E-state index is 6.13. The van der Waals surface area contributed by atoms with Gasteiger partial charge < -0.3 is 10.1 Å². The summed E-state index contributed by atoms with van der Waals surface area (Å²) < 4.78 is 7.23. The number of nitrogens with one attached hydrogen (secondary N) is 1. The van der Waals surface area contributed by atoms with Crippen molar-refractivity contribution in [2.45, 2.75) is 31.5 Å². The summed E-state index contributed by atoms with van der Waals surface area (Å²) in [6.45, 7) is 2.94. The number of rotatable bonds is 3. The molecule has 0 aliphatic carbocycles. The molecule has 1 heterocycles. The number of hydrogen-bond acceptors (Lipinski definition) is 2. The van der Waals surface area contributed by atoms with Gasteiger partial charge in [0.15, 0.2) is 0 Å². The van der Waals surface area contributed by atoms with E-state index in [4.69, 9.17) is 4.74 Å². The molecule has 110 valence electrons. The Labute approximate surface area is 134 Å². The topological polar surface area (TPSA) is 21.3 Å². The van der Waals surface area contributed by atoms with Crippen LogP contribution in [0.1, 0.15) is 24.2 Å². The highest BCUT2D eigenvalue weighted by Crippen LogP contribution is 2.27. The van der Waals surface area contributed by atoms with E-state index in [2.05, 4.69) is 76.7 Å². The summed E-state index contributed by atoms with van der Waals surface area (Å²) in [5, 5.41) is 3.69. The molecule has 2 nitrogen and oxygen atoms in total. The lowest BCUT2D eigenvalue weighted by Gasteiger charge is -2.36. The monoisotopic (exact) mass is 345 g/mol. The summed E-state index contributed by atoms with van der Waals surface area (Å²) in [6.07, 6.45) is 1.13. The first-order valence-corrected chi connectivity index (χ1v) is 8.19. The molecule has 2 aromatic carbocycles. The summed E-state index contributed by atoms with van der Waals surface area (Å²) in [4.78, 5) is 0. The summed E-state index contributed by atoms with van der Waals surface area (Å²) >= 11 is 3.53. The van der Waals surface area contributed by atoms with Crippen LogP contribution in [0, 0.1) is 0 Å². The minimum atomic E-state index is 0.120. The lowest BCUT2D eigenvalue weighted by molar-refractivity contribution is -0.0244. The van der Waals surface area contributed by atoms with Gasteiger partial charge in [0.25, 0.3) is 0 Å². The maximum absolute atomic E-state index is 6.13. The first-order valence-electron chi connectivity index (χ1n) is 7.39. The van der Waals surface area contributed by atoms with Gasteiger partial charge in [-0.25, -0.2) is 0 Å². The molecule has 0 spiro atoms. The number of halogens is 1. The van der Waals surface area contributed by atoms with E-state index in [0.29, 0.717) is 12.1 Å². The molecular weight excluding hydrogens is 326 g/mol. The van der Waals surface area contributed by atoms with Crippen molar-refractivity contribution in [2.24, 2.45) is 0 Å². The molecule has 1 N–H and O–H groups in total. The van der Waals surface area contributed by atoms with Gasteiger partial charge in [-0.05, 0) is 36.6 Å². The van der Waals surface area contributed by atoms with Crippen molar-refractivity contribution in [1.29, 1.82) is 0 Å². The molecular formula is C18H20BrNO. The minimum Gasteiger partial charge on any atom is -0.370 e. The zero-order chi connectivity index (χ0) is 14.7. The molecule has 0 bridgehead atoms. The Morgan fingerprint density at radius 3 is 2.67 bits per heavy atom. The number of morpholine rings is 1. The van der Waals surface area contributed by atoms with Crippen LogP contribution >= 0.6 is 15.9 Å². The Morgan fingerprint density at radius 1 is 1.14 bits per heavy atom. The third-order valence-corrected chi connectivity index (χ3v) is 4.43. The van der Waals surface area contributed by atoms with Crippen molar-refractivity contribution in [3.8, 4) is 0 Å². The maximum Gasteiger partial charge on any atom is 0.0976 e. The van der Waals surface area contributed by atoms with Gasteiger partial charge in [-0.2, -0.15) is 0 Å². The molecule has 0 aromatic heterocycles. The Bertz CT molecular complexity index is 587. The summed E-state index contributed by atoms with van der Waals surface area (Å²) in [5.41, 5.74) is 2.58. The van der Waals surface area contributed by atoms with Crippen molar-refractivity contribution >= 4 is 15.9 Å². The smallest absolute Gasteiger partial charge is 0.0976 e. The van der Waals surface area contributed by atoms with E-state index >= 15 is 0 Å². The van der Waals surface area contributed by atoms with Crippen molar-refractivity contribution in [3.05, 3.63) is 70.2 Å². The summed E-state index contributed by atoms with van der Waals surface area (Å²) in [5.74, 6) is 0. The molecule has 1 fully saturated rings. The van der Waals surface area contributed by atoms with Crippen LogP contribution in [0.4, 0.5) is 0 Å². The van der Waals surface area contributed by atoms with Crippen LogP contribution in [-0.2, 0) is 11.2 Å². The summed E-state index contributed by atoms with van der Waals surface area (Å²) in [6, 6.07) is 19.6. The van der Waals surface area contributed by atoms with Gasteiger partial charge in [0.05, 0.1) is 12.7 Å². The quantitative estimate of drug-likeness (QED) is 0.903. The molecule has 2 aromatic rings. The molecule has 1 aliphatic rings. The normalized spacial score (nSPS) is 25.7. The largest absolute Gasteiger partial charge is 0.370 e. The fourth-order valence-electron chi connectivity index (χ4n) is 2.96. The van der Waals surface area contributed by atoms with Gasteiger partial charge in [-0.1, -0.05) is 58.4 Å². The van der Waals surface area contributed by atoms with Gasteiger partial charge in [0, 0.05) is 16.6 Å². The molecule has 1 aliphatic heterocycles. The first-order chi connectivity index (χ1) is 10.2. The van der Waals surface area contributed by atoms with Gasteiger partial charge in [-0.3, -0.25) is 0 Å². The van der Waals surface area contributed by atoms with Gasteiger partial charge >= 0.3 is 0 Å². The average molecular weight is 346 g/mol. The highest BCUT2D eigenvalue weighted by atomic mass is 79.9. The molecule has 1 saturated heterocycles. The zero-order valence-electron chi connectivity index (χ0n) is 12.1. The fraction of sp³-hybridized carbons (Fsp3) is 0.333. The van der Waals surface area contributed by atoms with E-state index in [1.54, 1.807) is 0 Å². The van der Waals surface area contributed by atoms with E-state index in [1.165, 1.54) is 11.1 Å². The van der Waals surface area contributed by atoms with E-state index in [-0.39, 0.29) is 6.10 Å². The molecule has 0 radical (unpaired) electrons. The van der Waals surface area contributed by atoms with E-state index in [9.17, 15) is 0 Å². The first kappa shape index (κ1) is 14.8. The van der Waals surface area contributed by atoms with Crippen LogP contribution < -0.4 is 5.32 Å². The van der Waals surface area contributed by atoms with Crippen LogP contribution in [0.25, 0.3) is 0 Å². The lowest BCUT2D eigenvalue weighted by Crippen LogP contribution is -2.49. The second kappa shape index (κ2) is 6.73. The van der Waals surface area contributed by atoms with E-state index in [0.717, 1.165) is 17.5 Å². The highest BCUT2D eigenvalue weighted by molar-refractivity contribution is 9.10. The SMILES string of the molecule is CC1NC(Cc2ccccc2)COC1c1cccc(Br)c1. The predicted molar refractivity (Wildman–Crippen MR) is 89.4 cm³/mol. The third kappa shape index (κ3) is 3.73. The lowest BCUT2D eigenvalue weighted by atomic mass is 9.98. The highest BCUT2D eigenvalue weighted by Gasteiger charge is 2.28. The van der Waals surface area contributed by atoms with Gasteiger partial charge in [0.2, 0.25) is 0 Å². The Balaban J connectivity index is 1.64. The van der Waals surface area contributed by atoms with Crippen molar-refractivity contribution in [1.82, 2.24) is 5.32 Å². The van der Waals surface area contributed by atoms with E-state index < -0.39 is 0 Å². The van der Waals surface area contributed by atoms with Crippen molar-refractivity contribution in [2.75, 3.05) is 6.61 Å². The zero-order valence-corrected chi connectivity index (χ0v) is 13.7. The minimum absolute atomic E-state index is 0.120. The molecule has 3 unspecified atom stereocenters. The van der Waals surface area contributed by atoms with Crippen LogP contribution in [0.5, 0.6) is 0 Å². The molecule has 3 heteroatoms. The average Bonchev–Trinajstić information content (AvgIpc) is 2.48. The van der Waals surface area contributed by atoms with Crippen LogP contribution in [0.15, 0.2) is 59.1 Å². The predicted octanol–water partition coefficient (Wildman–Crippen LogP) is 4.11. The van der Waals surface area contributed by atoms with Crippen molar-refractivity contribution in [3.63, 3.8) is 0 Å². The molecule has 3 atom stereocenters. The standard InChI is InChI=1S/C18H20BrNO/c1-13-18(15-8-5-9-16(19)11-15)21-12-17(20-13)10-14-6-3-2-4-7-14/h2-9,11,13,17-18,20H,10,12H2,1H3. The Kier molecular flexibility index (Phi) is 4.73.